The Labute approximate surface area is 198 Å². The van der Waals surface area contributed by atoms with Gasteiger partial charge in [-0.05, 0) is 120 Å². The number of hydrogen-bond donors (Lipinski definition) is 2. The van der Waals surface area contributed by atoms with Crippen LogP contribution in [0.5, 0.6) is 0 Å². The minimum absolute atomic E-state index is 0.157. The minimum Gasteiger partial charge on any atom is -0.390 e. The summed E-state index contributed by atoms with van der Waals surface area (Å²) in [5.74, 6) is 2.30. The van der Waals surface area contributed by atoms with Crippen LogP contribution in [0.1, 0.15) is 120 Å². The summed E-state index contributed by atoms with van der Waals surface area (Å²) in [5, 5.41) is 21.6. The summed E-state index contributed by atoms with van der Waals surface area (Å²) in [6.07, 6.45) is 11.9. The van der Waals surface area contributed by atoms with E-state index in [2.05, 4.69) is 55.4 Å². The highest BCUT2D eigenvalue weighted by atomic mass is 16.3. The van der Waals surface area contributed by atoms with Gasteiger partial charge >= 0.3 is 0 Å². The highest BCUT2D eigenvalue weighted by molar-refractivity contribution is 5.20. The van der Waals surface area contributed by atoms with Gasteiger partial charge in [-0.25, -0.2) is 0 Å². The van der Waals surface area contributed by atoms with Crippen LogP contribution in [0, 0.1) is 56.2 Å². The van der Waals surface area contributed by atoms with Crippen molar-refractivity contribution in [3.8, 4) is 0 Å². The zero-order chi connectivity index (χ0) is 23.5. The lowest BCUT2D eigenvalue weighted by atomic mass is 9.30. The van der Waals surface area contributed by atoms with Crippen LogP contribution >= 0.6 is 0 Å². The molecule has 0 aliphatic heterocycles. The molecular formula is C30H52O2. The first kappa shape index (κ1) is 23.7. The maximum Gasteiger partial charge on any atom is 0.0829 e. The van der Waals surface area contributed by atoms with E-state index in [9.17, 15) is 10.2 Å². The molecule has 0 heterocycles. The highest BCUT2D eigenvalue weighted by Crippen LogP contribution is 2.78. The third-order valence-corrected chi connectivity index (χ3v) is 14.0. The summed E-state index contributed by atoms with van der Waals surface area (Å²) in [6, 6.07) is 0. The van der Waals surface area contributed by atoms with Crippen molar-refractivity contribution in [1.29, 1.82) is 0 Å². The highest BCUT2D eigenvalue weighted by Gasteiger charge is 2.71. The van der Waals surface area contributed by atoms with Crippen LogP contribution in [0.15, 0.2) is 0 Å². The minimum atomic E-state index is -0.555. The quantitative estimate of drug-likeness (QED) is 0.414. The Balaban J connectivity index is 1.55. The first-order chi connectivity index (χ1) is 14.6. The van der Waals surface area contributed by atoms with Crippen LogP contribution in [-0.2, 0) is 0 Å². The lowest BCUT2D eigenvalue weighted by molar-refractivity contribution is -0.270. The molecular weight excluding hydrogens is 392 g/mol. The molecule has 11 atom stereocenters. The van der Waals surface area contributed by atoms with Gasteiger partial charge in [0, 0.05) is 0 Å². The fourth-order valence-electron chi connectivity index (χ4n) is 11.3. The molecule has 5 fully saturated rings. The van der Waals surface area contributed by atoms with E-state index in [0.29, 0.717) is 27.6 Å². The Kier molecular flexibility index (Phi) is 5.01. The SMILES string of the molecule is C[C@@H]1[C@@H](O)[C@H](O)C[C@@H]2[C@]1(C)CC[C@@H]1[C@]2(C)CC[C@@]2(C)[C@H]3CC(C)(C)CC[C@]3(C)CC[C@]12C. The lowest BCUT2D eigenvalue weighted by Crippen LogP contribution is -2.68. The van der Waals surface area contributed by atoms with Crippen molar-refractivity contribution in [2.75, 3.05) is 0 Å². The van der Waals surface area contributed by atoms with Gasteiger partial charge in [-0.3, -0.25) is 0 Å². The van der Waals surface area contributed by atoms with Gasteiger partial charge in [0.2, 0.25) is 0 Å². The van der Waals surface area contributed by atoms with E-state index < -0.39 is 12.2 Å². The van der Waals surface area contributed by atoms with Gasteiger partial charge in [0.15, 0.2) is 0 Å². The first-order valence-corrected chi connectivity index (χ1v) is 14.0. The maximum absolute atomic E-state index is 10.8. The van der Waals surface area contributed by atoms with Crippen LogP contribution in [0.25, 0.3) is 0 Å². The number of aliphatic hydroxyl groups excluding tert-OH is 2. The van der Waals surface area contributed by atoms with Crippen LogP contribution in [0.4, 0.5) is 0 Å². The van der Waals surface area contributed by atoms with Crippen molar-refractivity contribution in [3.63, 3.8) is 0 Å². The van der Waals surface area contributed by atoms with Crippen molar-refractivity contribution in [2.45, 2.75) is 132 Å². The standard InChI is InChI=1S/C30H52O2/c1-19-24(32)20(31)17-22-27(19,5)10-9-21-28(22,6)14-16-30(8)23-18-25(2,3)11-12-26(23,4)13-15-29(21,30)7/h19-24,31-32H,9-18H2,1-8H3/t19-,20-,21-,22-,23+,24-,26-,27-,28+,29-,30+/m1/s1. The van der Waals surface area contributed by atoms with E-state index >= 15 is 0 Å². The van der Waals surface area contributed by atoms with Crippen LogP contribution in [0.3, 0.4) is 0 Å². The normalized spacial score (nSPS) is 61.7. The zero-order valence-corrected chi connectivity index (χ0v) is 22.4. The third-order valence-electron chi connectivity index (χ3n) is 14.0. The molecule has 0 amide bonds. The molecule has 5 saturated carbocycles. The average molecular weight is 445 g/mol. The first-order valence-electron chi connectivity index (χ1n) is 14.0. The van der Waals surface area contributed by atoms with Gasteiger partial charge in [-0.1, -0.05) is 55.4 Å². The predicted molar refractivity (Wildman–Crippen MR) is 132 cm³/mol. The summed E-state index contributed by atoms with van der Waals surface area (Å²) in [5.41, 5.74) is 2.27. The van der Waals surface area contributed by atoms with Crippen LogP contribution in [0.2, 0.25) is 0 Å². The Bertz CT molecular complexity index is 775. The van der Waals surface area contributed by atoms with Gasteiger partial charge < -0.3 is 10.2 Å². The molecule has 32 heavy (non-hydrogen) atoms. The van der Waals surface area contributed by atoms with Gasteiger partial charge in [0.1, 0.15) is 0 Å². The molecule has 5 aliphatic rings. The Morgan fingerprint density at radius 2 is 1.22 bits per heavy atom. The maximum atomic E-state index is 10.8. The van der Waals surface area contributed by atoms with E-state index in [1.165, 1.54) is 57.8 Å². The van der Waals surface area contributed by atoms with Crippen molar-refractivity contribution in [1.82, 2.24) is 0 Å². The number of aliphatic hydroxyl groups is 2. The molecule has 0 aromatic rings. The molecule has 184 valence electrons. The molecule has 0 bridgehead atoms. The van der Waals surface area contributed by atoms with E-state index in [1.807, 2.05) is 0 Å². The molecule has 0 saturated heterocycles. The molecule has 0 radical (unpaired) electrons. The van der Waals surface area contributed by atoms with Crippen molar-refractivity contribution < 1.29 is 10.2 Å². The average Bonchev–Trinajstić information content (AvgIpc) is 2.72. The van der Waals surface area contributed by atoms with E-state index in [4.69, 9.17) is 0 Å². The predicted octanol–water partition coefficient (Wildman–Crippen LogP) is 7.22. The summed E-state index contributed by atoms with van der Waals surface area (Å²) in [6.45, 7) is 20.4. The van der Waals surface area contributed by atoms with E-state index in [1.54, 1.807) is 0 Å². The fourth-order valence-corrected chi connectivity index (χ4v) is 11.3. The van der Waals surface area contributed by atoms with Gasteiger partial charge in [-0.15, -0.1) is 0 Å². The van der Waals surface area contributed by atoms with Gasteiger partial charge in [0.25, 0.3) is 0 Å². The van der Waals surface area contributed by atoms with Gasteiger partial charge in [-0.2, -0.15) is 0 Å². The molecule has 5 rings (SSSR count). The third kappa shape index (κ3) is 2.78. The number of hydrogen-bond acceptors (Lipinski definition) is 2. The summed E-state index contributed by atoms with van der Waals surface area (Å²) in [4.78, 5) is 0. The molecule has 2 N–H and O–H groups in total. The molecule has 5 aliphatic carbocycles. The molecule has 2 heteroatoms. The molecule has 0 aromatic carbocycles. The summed E-state index contributed by atoms with van der Waals surface area (Å²) in [7, 11) is 0. The molecule has 0 aromatic heterocycles. The molecule has 0 unspecified atom stereocenters. The Morgan fingerprint density at radius 3 is 1.91 bits per heavy atom. The van der Waals surface area contributed by atoms with Crippen molar-refractivity contribution >= 4 is 0 Å². The smallest absolute Gasteiger partial charge is 0.0829 e. The van der Waals surface area contributed by atoms with E-state index in [0.717, 1.165) is 18.3 Å². The molecule has 2 nitrogen and oxygen atoms in total. The topological polar surface area (TPSA) is 40.5 Å². The van der Waals surface area contributed by atoms with Crippen LogP contribution in [-0.4, -0.2) is 22.4 Å². The Morgan fingerprint density at radius 1 is 0.625 bits per heavy atom. The largest absolute Gasteiger partial charge is 0.390 e. The Hall–Kier alpha value is -0.0800. The second kappa shape index (κ2) is 6.77. The molecule has 0 spiro atoms. The van der Waals surface area contributed by atoms with Crippen LogP contribution < -0.4 is 0 Å². The number of fused-ring (bicyclic) bond motifs is 7. The van der Waals surface area contributed by atoms with Crippen molar-refractivity contribution in [3.05, 3.63) is 0 Å². The van der Waals surface area contributed by atoms with Crippen molar-refractivity contribution in [2.24, 2.45) is 56.2 Å². The summed E-state index contributed by atoms with van der Waals surface area (Å²) >= 11 is 0. The lowest BCUT2D eigenvalue weighted by Gasteiger charge is -2.75. The number of rotatable bonds is 0. The van der Waals surface area contributed by atoms with Gasteiger partial charge in [0.05, 0.1) is 12.2 Å². The zero-order valence-electron chi connectivity index (χ0n) is 22.4. The van der Waals surface area contributed by atoms with E-state index in [-0.39, 0.29) is 16.7 Å². The monoisotopic (exact) mass is 444 g/mol. The second-order valence-corrected chi connectivity index (χ2v) is 15.6. The summed E-state index contributed by atoms with van der Waals surface area (Å²) < 4.78 is 0. The second-order valence-electron chi connectivity index (χ2n) is 15.6. The fraction of sp³-hybridized carbons (Fsp3) is 1.00.